The molecule has 170 valence electrons. The molecule has 1 fully saturated rings. The van der Waals surface area contributed by atoms with Crippen LogP contribution in [0.5, 0.6) is 0 Å². The number of fused-ring (bicyclic) bond motifs is 1. The van der Waals surface area contributed by atoms with Crippen molar-refractivity contribution in [1.29, 1.82) is 0 Å². The fourth-order valence-corrected chi connectivity index (χ4v) is 5.62. The first-order valence-corrected chi connectivity index (χ1v) is 13.1. The van der Waals surface area contributed by atoms with Gasteiger partial charge in [0.2, 0.25) is 0 Å². The van der Waals surface area contributed by atoms with Crippen LogP contribution in [0.3, 0.4) is 0 Å². The van der Waals surface area contributed by atoms with Crippen LogP contribution in [0.1, 0.15) is 11.1 Å². The van der Waals surface area contributed by atoms with Gasteiger partial charge in [0.25, 0.3) is 5.91 Å². The van der Waals surface area contributed by atoms with Crippen LogP contribution < -0.4 is 5.32 Å². The molecule has 7 heteroatoms. The molecular weight excluding hydrogens is 482 g/mol. The van der Waals surface area contributed by atoms with Gasteiger partial charge in [0.1, 0.15) is 0 Å². The quantitative estimate of drug-likeness (QED) is 0.222. The lowest BCUT2D eigenvalue weighted by molar-refractivity contribution is -0.115. The Kier molecular flexibility index (Phi) is 6.81. The normalized spacial score (nSPS) is 16.0. The summed E-state index contributed by atoms with van der Waals surface area (Å²) in [4.78, 5) is 19.1. The molecule has 5 rings (SSSR count). The van der Waals surface area contributed by atoms with Gasteiger partial charge in [0, 0.05) is 44.9 Å². The molecule has 1 aromatic heterocycles. The molecule has 1 aliphatic rings. The van der Waals surface area contributed by atoms with Crippen molar-refractivity contribution >= 4 is 68.9 Å². The molecule has 34 heavy (non-hydrogen) atoms. The zero-order valence-electron chi connectivity index (χ0n) is 18.5. The van der Waals surface area contributed by atoms with Gasteiger partial charge in [-0.15, -0.1) is 11.8 Å². The van der Waals surface area contributed by atoms with Crippen molar-refractivity contribution in [2.45, 2.75) is 18.4 Å². The highest BCUT2D eigenvalue weighted by molar-refractivity contribution is 8.18. The van der Waals surface area contributed by atoms with Crippen molar-refractivity contribution in [1.82, 2.24) is 9.88 Å². The molecule has 3 aromatic carbocycles. The molecule has 0 saturated carbocycles. The summed E-state index contributed by atoms with van der Waals surface area (Å²) in [5.41, 5.74) is 4.15. The summed E-state index contributed by atoms with van der Waals surface area (Å²) in [6.07, 6.45) is 4.09. The molecular formula is C27H22ClN3OS2. The molecule has 0 spiro atoms. The Bertz CT molecular complexity index is 1420. The number of benzene rings is 3. The molecule has 1 saturated heterocycles. The average Bonchev–Trinajstić information content (AvgIpc) is 3.35. The highest BCUT2D eigenvalue weighted by Gasteiger charge is 2.24. The lowest BCUT2D eigenvalue weighted by Crippen LogP contribution is -2.19. The maximum Gasteiger partial charge on any atom is 0.264 e. The number of aromatic nitrogens is 1. The van der Waals surface area contributed by atoms with Crippen molar-refractivity contribution < 1.29 is 4.79 Å². The predicted molar refractivity (Wildman–Crippen MR) is 146 cm³/mol. The molecule has 0 atom stereocenters. The van der Waals surface area contributed by atoms with Crippen molar-refractivity contribution in [3.8, 4) is 0 Å². The Morgan fingerprint density at radius 2 is 1.91 bits per heavy atom. The summed E-state index contributed by atoms with van der Waals surface area (Å²) in [6, 6.07) is 24.1. The summed E-state index contributed by atoms with van der Waals surface area (Å²) >= 11 is 9.16. The van der Waals surface area contributed by atoms with E-state index < -0.39 is 0 Å². The molecule has 0 aliphatic carbocycles. The second kappa shape index (κ2) is 10.1. The number of carbonyl (C=O) groups is 1. The first-order chi connectivity index (χ1) is 16.5. The molecule has 0 radical (unpaired) electrons. The maximum atomic E-state index is 12.6. The van der Waals surface area contributed by atoms with Crippen molar-refractivity contribution in [2.24, 2.45) is 4.99 Å². The van der Waals surface area contributed by atoms with E-state index in [1.807, 2.05) is 73.7 Å². The Morgan fingerprint density at radius 1 is 1.09 bits per heavy atom. The molecule has 2 heterocycles. The van der Waals surface area contributed by atoms with Gasteiger partial charge < -0.3 is 9.88 Å². The van der Waals surface area contributed by atoms with Crippen molar-refractivity contribution in [3.05, 3.63) is 100 Å². The first kappa shape index (κ1) is 22.8. The van der Waals surface area contributed by atoms with Gasteiger partial charge in [0.15, 0.2) is 5.17 Å². The SMILES string of the molecule is Cc1cccc(N=C2NC(=O)/C(=C/c3cn(CCSc4ccc(Cl)cc4)c4ccccc34)S2)c1. The fourth-order valence-electron chi connectivity index (χ4n) is 3.80. The topological polar surface area (TPSA) is 46.4 Å². The summed E-state index contributed by atoms with van der Waals surface area (Å²) in [6.45, 7) is 2.88. The third-order valence-corrected chi connectivity index (χ3v) is 7.56. The van der Waals surface area contributed by atoms with Gasteiger partial charge in [-0.1, -0.05) is 41.9 Å². The average molecular weight is 504 g/mol. The molecule has 1 N–H and O–H groups in total. The summed E-state index contributed by atoms with van der Waals surface area (Å²) in [5.74, 6) is 0.810. The number of nitrogens with one attached hydrogen (secondary N) is 1. The number of thioether (sulfide) groups is 2. The maximum absolute atomic E-state index is 12.6. The zero-order chi connectivity index (χ0) is 23.5. The highest BCUT2D eigenvalue weighted by atomic mass is 35.5. The summed E-state index contributed by atoms with van der Waals surface area (Å²) < 4.78 is 2.25. The summed E-state index contributed by atoms with van der Waals surface area (Å²) in [7, 11) is 0. The minimum atomic E-state index is -0.119. The van der Waals surface area contributed by atoms with Crippen LogP contribution in [-0.2, 0) is 11.3 Å². The van der Waals surface area contributed by atoms with Crippen LogP contribution >= 0.6 is 35.1 Å². The van der Waals surface area contributed by atoms with E-state index in [1.54, 1.807) is 11.8 Å². The molecule has 1 amide bonds. The van der Waals surface area contributed by atoms with Gasteiger partial charge >= 0.3 is 0 Å². The van der Waals surface area contributed by atoms with E-state index >= 15 is 0 Å². The van der Waals surface area contributed by atoms with Gasteiger partial charge in [-0.2, -0.15) is 0 Å². The number of nitrogens with zero attached hydrogens (tertiary/aromatic N) is 2. The number of aliphatic imine (C=N–C) groups is 1. The minimum Gasteiger partial charge on any atom is -0.346 e. The Labute approximate surface area is 212 Å². The lowest BCUT2D eigenvalue weighted by atomic mass is 10.1. The van der Waals surface area contributed by atoms with E-state index in [9.17, 15) is 4.79 Å². The van der Waals surface area contributed by atoms with Crippen LogP contribution in [0, 0.1) is 6.92 Å². The number of amides is 1. The van der Waals surface area contributed by atoms with Gasteiger partial charge in [-0.05, 0) is 72.8 Å². The number of hydrogen-bond acceptors (Lipinski definition) is 4. The van der Waals surface area contributed by atoms with E-state index in [0.29, 0.717) is 10.1 Å². The van der Waals surface area contributed by atoms with Gasteiger partial charge in [-0.3, -0.25) is 4.79 Å². The van der Waals surface area contributed by atoms with Gasteiger partial charge in [-0.25, -0.2) is 4.99 Å². The number of hydrogen-bond donors (Lipinski definition) is 1. The zero-order valence-corrected chi connectivity index (χ0v) is 20.9. The second-order valence-electron chi connectivity index (χ2n) is 7.92. The van der Waals surface area contributed by atoms with Crippen LogP contribution in [0.4, 0.5) is 5.69 Å². The van der Waals surface area contributed by atoms with E-state index in [0.717, 1.165) is 45.0 Å². The van der Waals surface area contributed by atoms with E-state index in [1.165, 1.54) is 16.7 Å². The van der Waals surface area contributed by atoms with Crippen molar-refractivity contribution in [2.75, 3.05) is 5.75 Å². The molecule has 0 bridgehead atoms. The van der Waals surface area contributed by atoms with Gasteiger partial charge in [0.05, 0.1) is 10.6 Å². The minimum absolute atomic E-state index is 0.119. The highest BCUT2D eigenvalue weighted by Crippen LogP contribution is 2.31. The van der Waals surface area contributed by atoms with E-state index in [-0.39, 0.29) is 5.91 Å². The van der Waals surface area contributed by atoms with Crippen LogP contribution in [0.2, 0.25) is 5.02 Å². The number of rotatable bonds is 6. The molecule has 0 unspecified atom stereocenters. The third-order valence-electron chi connectivity index (χ3n) is 5.40. The molecule has 4 aromatic rings. The molecule has 1 aliphatic heterocycles. The largest absolute Gasteiger partial charge is 0.346 e. The Hall–Kier alpha value is -2.93. The third kappa shape index (κ3) is 5.25. The van der Waals surface area contributed by atoms with Crippen LogP contribution in [0.25, 0.3) is 17.0 Å². The lowest BCUT2D eigenvalue weighted by Gasteiger charge is -2.05. The smallest absolute Gasteiger partial charge is 0.264 e. The van der Waals surface area contributed by atoms with Crippen LogP contribution in [-0.4, -0.2) is 21.4 Å². The van der Waals surface area contributed by atoms with E-state index in [4.69, 9.17) is 11.6 Å². The number of amidine groups is 1. The first-order valence-electron chi connectivity index (χ1n) is 10.9. The summed E-state index contributed by atoms with van der Waals surface area (Å²) in [5, 5.41) is 5.37. The monoisotopic (exact) mass is 503 g/mol. The number of para-hydroxylation sites is 1. The Balaban J connectivity index is 1.36. The number of aryl methyl sites for hydroxylation is 2. The van der Waals surface area contributed by atoms with Crippen molar-refractivity contribution in [3.63, 3.8) is 0 Å². The predicted octanol–water partition coefficient (Wildman–Crippen LogP) is 7.29. The molecule has 4 nitrogen and oxygen atoms in total. The number of carbonyl (C=O) groups excluding carboxylic acids is 1. The number of halogens is 1. The fraction of sp³-hybridized carbons (Fsp3) is 0.111. The van der Waals surface area contributed by atoms with Crippen LogP contribution in [0.15, 0.2) is 93.8 Å². The van der Waals surface area contributed by atoms with E-state index in [2.05, 4.69) is 33.2 Å². The Morgan fingerprint density at radius 3 is 2.74 bits per heavy atom. The standard InChI is InChI=1S/C27H22ClN3OS2/c1-18-5-4-6-21(15-18)29-27-30-26(32)25(34-27)16-19-17-31(24-8-3-2-7-23(19)24)13-14-33-22-11-9-20(28)10-12-22/h2-12,15-17H,13-14H2,1H3,(H,29,30,32)/b25-16-. The second-order valence-corrected chi connectivity index (χ2v) is 10.6.